The van der Waals surface area contributed by atoms with Gasteiger partial charge in [0.05, 0.1) is 6.33 Å². The largest absolute Gasteiger partial charge is 0.302 e. The van der Waals surface area contributed by atoms with Crippen LogP contribution in [0.25, 0.3) is 0 Å². The number of aryl methyl sites for hydroxylation is 1. The molecule has 2 saturated heterocycles. The van der Waals surface area contributed by atoms with Crippen LogP contribution in [0.15, 0.2) is 17.3 Å². The van der Waals surface area contributed by atoms with E-state index in [4.69, 9.17) is 0 Å². The highest BCUT2D eigenvalue weighted by atomic mass is 16.1. The number of rotatable bonds is 4. The zero-order valence-corrected chi connectivity index (χ0v) is 15.4. The van der Waals surface area contributed by atoms with E-state index >= 15 is 0 Å². The minimum absolute atomic E-state index is 0.0829. The fraction of sp³-hybridized carbons (Fsp3) is 0.789. The lowest BCUT2D eigenvalue weighted by atomic mass is 9.93. The van der Waals surface area contributed by atoms with E-state index in [1.807, 2.05) is 0 Å². The van der Waals surface area contributed by atoms with Crippen molar-refractivity contribution in [2.75, 3.05) is 39.3 Å². The average Bonchev–Trinajstić information content (AvgIpc) is 2.62. The monoisotopic (exact) mass is 345 g/mol. The molecule has 0 unspecified atom stereocenters. The molecular formula is C19H31N5O. The highest BCUT2D eigenvalue weighted by Gasteiger charge is 2.34. The van der Waals surface area contributed by atoms with E-state index in [1.54, 1.807) is 24.1 Å². The maximum absolute atomic E-state index is 12.1. The summed E-state index contributed by atoms with van der Waals surface area (Å²) in [6, 6.07) is 1.53. The molecule has 6 nitrogen and oxygen atoms in total. The molecule has 3 aliphatic rings. The molecule has 2 aliphatic heterocycles. The summed E-state index contributed by atoms with van der Waals surface area (Å²) in [5.74, 6) is 0. The standard InChI is InChI=1S/C19H31N5O/c1-21-15-20-11-16(19(21)25)12-22-13-18(14-22)24-9-7-23(8-10-24)17-5-3-2-4-6-17/h11,15,17-18H,2-10,12-14H2,1H3. The van der Waals surface area contributed by atoms with Crippen LogP contribution in [0.2, 0.25) is 0 Å². The second-order valence-electron chi connectivity index (χ2n) is 8.05. The van der Waals surface area contributed by atoms with E-state index in [1.165, 1.54) is 58.3 Å². The highest BCUT2D eigenvalue weighted by Crippen LogP contribution is 2.25. The van der Waals surface area contributed by atoms with Gasteiger partial charge in [0.2, 0.25) is 0 Å². The van der Waals surface area contributed by atoms with E-state index in [0.717, 1.165) is 31.2 Å². The van der Waals surface area contributed by atoms with Crippen molar-refractivity contribution in [2.24, 2.45) is 7.05 Å². The Hall–Kier alpha value is -1.24. The third-order valence-corrected chi connectivity index (χ3v) is 6.35. The van der Waals surface area contributed by atoms with Crippen molar-refractivity contribution in [3.8, 4) is 0 Å². The Bertz CT molecular complexity index is 625. The molecule has 1 aliphatic carbocycles. The quantitative estimate of drug-likeness (QED) is 0.812. The molecule has 4 rings (SSSR count). The number of hydrogen-bond donors (Lipinski definition) is 0. The van der Waals surface area contributed by atoms with Crippen molar-refractivity contribution in [3.05, 3.63) is 28.4 Å². The van der Waals surface area contributed by atoms with E-state index in [-0.39, 0.29) is 5.56 Å². The van der Waals surface area contributed by atoms with Gasteiger partial charge in [-0.2, -0.15) is 0 Å². The lowest BCUT2D eigenvalue weighted by Gasteiger charge is -2.49. The van der Waals surface area contributed by atoms with Gasteiger partial charge < -0.3 is 4.57 Å². The number of likely N-dealkylation sites (tertiary alicyclic amines) is 1. The minimum Gasteiger partial charge on any atom is -0.302 e. The maximum atomic E-state index is 12.1. The Labute approximate surface area is 150 Å². The van der Waals surface area contributed by atoms with Gasteiger partial charge in [-0.15, -0.1) is 0 Å². The predicted octanol–water partition coefficient (Wildman–Crippen LogP) is 0.915. The van der Waals surface area contributed by atoms with Gasteiger partial charge in [-0.25, -0.2) is 4.98 Å². The molecule has 6 heteroatoms. The summed E-state index contributed by atoms with van der Waals surface area (Å²) in [5.41, 5.74) is 0.894. The first-order valence-corrected chi connectivity index (χ1v) is 9.90. The van der Waals surface area contributed by atoms with Crippen molar-refractivity contribution in [2.45, 2.75) is 50.7 Å². The van der Waals surface area contributed by atoms with Crippen LogP contribution in [0, 0.1) is 0 Å². The van der Waals surface area contributed by atoms with Gasteiger partial charge in [-0.3, -0.25) is 19.5 Å². The summed E-state index contributed by atoms with van der Waals surface area (Å²) in [6.07, 6.45) is 10.4. The number of piperazine rings is 1. The lowest BCUT2D eigenvalue weighted by molar-refractivity contribution is -0.0106. The van der Waals surface area contributed by atoms with Crippen LogP contribution in [-0.4, -0.2) is 75.6 Å². The molecule has 0 atom stereocenters. The smallest absolute Gasteiger partial charge is 0.257 e. The summed E-state index contributed by atoms with van der Waals surface area (Å²) >= 11 is 0. The lowest BCUT2D eigenvalue weighted by Crippen LogP contribution is -2.63. The van der Waals surface area contributed by atoms with Gasteiger partial charge in [0.15, 0.2) is 0 Å². The first kappa shape index (κ1) is 17.2. The second kappa shape index (κ2) is 7.56. The molecular weight excluding hydrogens is 314 g/mol. The van der Waals surface area contributed by atoms with Crippen LogP contribution in [-0.2, 0) is 13.6 Å². The molecule has 1 aromatic heterocycles. The fourth-order valence-electron chi connectivity index (χ4n) is 4.72. The highest BCUT2D eigenvalue weighted by molar-refractivity contribution is 5.06. The molecule has 3 fully saturated rings. The van der Waals surface area contributed by atoms with Crippen LogP contribution in [0.1, 0.15) is 37.7 Å². The normalized spacial score (nSPS) is 25.2. The minimum atomic E-state index is 0.0829. The molecule has 25 heavy (non-hydrogen) atoms. The van der Waals surface area contributed by atoms with Crippen LogP contribution < -0.4 is 5.56 Å². The van der Waals surface area contributed by atoms with Gasteiger partial charge in [0, 0.05) is 76.7 Å². The second-order valence-corrected chi connectivity index (χ2v) is 8.05. The number of hydrogen-bond acceptors (Lipinski definition) is 5. The zero-order valence-electron chi connectivity index (χ0n) is 15.4. The van der Waals surface area contributed by atoms with Crippen molar-refractivity contribution in [3.63, 3.8) is 0 Å². The molecule has 138 valence electrons. The molecule has 0 aromatic carbocycles. The third-order valence-electron chi connectivity index (χ3n) is 6.35. The number of nitrogens with zero attached hydrogens (tertiary/aromatic N) is 5. The van der Waals surface area contributed by atoms with Crippen LogP contribution in [0.4, 0.5) is 0 Å². The van der Waals surface area contributed by atoms with Crippen LogP contribution in [0.3, 0.4) is 0 Å². The summed E-state index contributed by atoms with van der Waals surface area (Å²) in [5, 5.41) is 0. The summed E-state index contributed by atoms with van der Waals surface area (Å²) in [4.78, 5) is 24.0. The predicted molar refractivity (Wildman–Crippen MR) is 98.6 cm³/mol. The first-order valence-electron chi connectivity index (χ1n) is 9.90. The Morgan fingerprint density at radius 3 is 2.32 bits per heavy atom. The van der Waals surface area contributed by atoms with E-state index in [9.17, 15) is 4.79 Å². The Kier molecular flexibility index (Phi) is 5.20. The summed E-state index contributed by atoms with van der Waals surface area (Å²) in [7, 11) is 1.77. The van der Waals surface area contributed by atoms with E-state index < -0.39 is 0 Å². The molecule has 3 heterocycles. The van der Waals surface area contributed by atoms with Crippen molar-refractivity contribution < 1.29 is 0 Å². The van der Waals surface area contributed by atoms with Crippen LogP contribution >= 0.6 is 0 Å². The van der Waals surface area contributed by atoms with Gasteiger partial charge in [-0.05, 0) is 12.8 Å². The summed E-state index contributed by atoms with van der Waals surface area (Å²) in [6.45, 7) is 7.81. The SMILES string of the molecule is Cn1cncc(CN2CC(N3CCN(C4CCCCC4)CC3)C2)c1=O. The van der Waals surface area contributed by atoms with Crippen molar-refractivity contribution >= 4 is 0 Å². The molecule has 0 radical (unpaired) electrons. The zero-order chi connectivity index (χ0) is 17.2. The van der Waals surface area contributed by atoms with Gasteiger partial charge in [0.1, 0.15) is 0 Å². The molecule has 0 amide bonds. The first-order chi connectivity index (χ1) is 12.2. The number of aromatic nitrogens is 2. The Morgan fingerprint density at radius 2 is 1.64 bits per heavy atom. The molecule has 0 bridgehead atoms. The average molecular weight is 345 g/mol. The summed E-state index contributed by atoms with van der Waals surface area (Å²) < 4.78 is 1.57. The van der Waals surface area contributed by atoms with E-state index in [0.29, 0.717) is 6.04 Å². The molecule has 1 aromatic rings. The van der Waals surface area contributed by atoms with Crippen LogP contribution in [0.5, 0.6) is 0 Å². The van der Waals surface area contributed by atoms with Crippen molar-refractivity contribution in [1.82, 2.24) is 24.3 Å². The molecule has 0 spiro atoms. The topological polar surface area (TPSA) is 44.6 Å². The Balaban J connectivity index is 1.22. The fourth-order valence-corrected chi connectivity index (χ4v) is 4.72. The van der Waals surface area contributed by atoms with E-state index in [2.05, 4.69) is 19.7 Å². The van der Waals surface area contributed by atoms with Gasteiger partial charge in [-0.1, -0.05) is 19.3 Å². The molecule has 1 saturated carbocycles. The molecule has 0 N–H and O–H groups in total. The maximum Gasteiger partial charge on any atom is 0.257 e. The third kappa shape index (κ3) is 3.81. The van der Waals surface area contributed by atoms with Gasteiger partial charge in [0.25, 0.3) is 5.56 Å². The van der Waals surface area contributed by atoms with Crippen molar-refractivity contribution in [1.29, 1.82) is 0 Å². The van der Waals surface area contributed by atoms with Gasteiger partial charge >= 0.3 is 0 Å². The Morgan fingerprint density at radius 1 is 1.00 bits per heavy atom.